The molecule has 2 rings (SSSR count). The van der Waals surface area contributed by atoms with Crippen LogP contribution < -0.4 is 5.73 Å². The van der Waals surface area contributed by atoms with Crippen molar-refractivity contribution in [3.63, 3.8) is 0 Å². The molecule has 0 aliphatic rings. The Morgan fingerprint density at radius 3 is 2.58 bits per heavy atom. The fourth-order valence-corrected chi connectivity index (χ4v) is 3.26. The molecule has 0 aliphatic heterocycles. The second kappa shape index (κ2) is 6.50. The molecule has 0 aromatic heterocycles. The average Bonchev–Trinajstić information content (AvgIpc) is 2.37. The van der Waals surface area contributed by atoms with E-state index in [1.165, 1.54) is 17.8 Å². The molecule has 2 aromatic carbocycles. The molecule has 0 saturated carbocycles. The Morgan fingerprint density at radius 1 is 1.11 bits per heavy atom. The third-order valence-corrected chi connectivity index (χ3v) is 4.32. The number of hydrogen-bond acceptors (Lipinski definition) is 2. The first-order chi connectivity index (χ1) is 9.10. The third-order valence-electron chi connectivity index (χ3n) is 2.56. The van der Waals surface area contributed by atoms with Gasteiger partial charge in [0.2, 0.25) is 0 Å². The van der Waals surface area contributed by atoms with E-state index in [1.807, 2.05) is 18.2 Å². The van der Waals surface area contributed by atoms with Crippen molar-refractivity contribution in [2.75, 3.05) is 6.54 Å². The summed E-state index contributed by atoms with van der Waals surface area (Å²) >= 11 is 4.65. The van der Waals surface area contributed by atoms with Crippen molar-refractivity contribution in [1.82, 2.24) is 0 Å². The van der Waals surface area contributed by atoms with Crippen LogP contribution in [0.2, 0.25) is 0 Å². The Kier molecular flexibility index (Phi) is 4.96. The summed E-state index contributed by atoms with van der Waals surface area (Å²) in [6.07, 6.45) is 0.778. The summed E-state index contributed by atoms with van der Waals surface area (Å²) in [5.41, 5.74) is 6.61. The smallest absolute Gasteiger partial charge is 0.137 e. The lowest BCUT2D eigenvalue weighted by molar-refractivity contribution is 0.577. The number of nitrogens with two attached hydrogens (primary N) is 1. The van der Waals surface area contributed by atoms with Crippen molar-refractivity contribution in [3.05, 3.63) is 58.1 Å². The van der Waals surface area contributed by atoms with Crippen molar-refractivity contribution in [3.8, 4) is 0 Å². The molecule has 0 unspecified atom stereocenters. The molecular weight excluding hydrogens is 332 g/mol. The molecule has 19 heavy (non-hydrogen) atoms. The second-order valence-electron chi connectivity index (χ2n) is 3.97. The minimum absolute atomic E-state index is 0.276. The first-order valence-electron chi connectivity index (χ1n) is 5.71. The molecule has 0 saturated heterocycles. The molecular formula is C14H12BrF2NS. The molecule has 0 fully saturated rings. The molecule has 0 spiro atoms. The SMILES string of the molecule is NCCc1ccc(Sc2cc(F)ccc2F)cc1Br. The van der Waals surface area contributed by atoms with E-state index in [0.717, 1.165) is 33.5 Å². The first kappa shape index (κ1) is 14.5. The molecule has 0 aliphatic carbocycles. The predicted octanol–water partition coefficient (Wildman–Crippen LogP) is 4.38. The van der Waals surface area contributed by atoms with Crippen LogP contribution >= 0.6 is 27.7 Å². The van der Waals surface area contributed by atoms with E-state index < -0.39 is 11.6 Å². The van der Waals surface area contributed by atoms with Gasteiger partial charge in [0.05, 0.1) is 4.90 Å². The lowest BCUT2D eigenvalue weighted by Gasteiger charge is -2.07. The third kappa shape index (κ3) is 3.78. The Morgan fingerprint density at radius 2 is 1.89 bits per heavy atom. The van der Waals surface area contributed by atoms with Crippen molar-refractivity contribution >= 4 is 27.7 Å². The summed E-state index contributed by atoms with van der Waals surface area (Å²) in [6.45, 7) is 0.573. The average molecular weight is 344 g/mol. The van der Waals surface area contributed by atoms with Gasteiger partial charge in [0.25, 0.3) is 0 Å². The minimum atomic E-state index is -0.442. The maximum Gasteiger partial charge on any atom is 0.137 e. The lowest BCUT2D eigenvalue weighted by atomic mass is 10.1. The van der Waals surface area contributed by atoms with Gasteiger partial charge in [-0.2, -0.15) is 0 Å². The van der Waals surface area contributed by atoms with E-state index >= 15 is 0 Å². The van der Waals surface area contributed by atoms with Gasteiger partial charge in [-0.05, 0) is 48.9 Å². The monoisotopic (exact) mass is 343 g/mol. The first-order valence-corrected chi connectivity index (χ1v) is 7.32. The lowest BCUT2D eigenvalue weighted by Crippen LogP contribution is -2.03. The molecule has 5 heteroatoms. The Hall–Kier alpha value is -0.910. The van der Waals surface area contributed by atoms with Crippen molar-refractivity contribution in [1.29, 1.82) is 0 Å². The number of rotatable bonds is 4. The van der Waals surface area contributed by atoms with Crippen molar-refractivity contribution in [2.45, 2.75) is 16.2 Å². The molecule has 0 atom stereocenters. The topological polar surface area (TPSA) is 26.0 Å². The maximum absolute atomic E-state index is 13.5. The summed E-state index contributed by atoms with van der Waals surface area (Å²) in [6, 6.07) is 9.15. The largest absolute Gasteiger partial charge is 0.330 e. The van der Waals surface area contributed by atoms with E-state index in [0.29, 0.717) is 6.54 Å². The second-order valence-corrected chi connectivity index (χ2v) is 5.94. The summed E-state index contributed by atoms with van der Waals surface area (Å²) < 4.78 is 27.6. The maximum atomic E-state index is 13.5. The van der Waals surface area contributed by atoms with Crippen molar-refractivity contribution < 1.29 is 8.78 Å². The predicted molar refractivity (Wildman–Crippen MR) is 77.4 cm³/mol. The van der Waals surface area contributed by atoms with Gasteiger partial charge in [-0.25, -0.2) is 8.78 Å². The van der Waals surface area contributed by atoms with Crippen LogP contribution in [0.3, 0.4) is 0 Å². The van der Waals surface area contributed by atoms with Crippen LogP contribution in [-0.4, -0.2) is 6.54 Å². The molecule has 2 N–H and O–H groups in total. The van der Waals surface area contributed by atoms with Gasteiger partial charge in [0, 0.05) is 9.37 Å². The highest BCUT2D eigenvalue weighted by atomic mass is 79.9. The van der Waals surface area contributed by atoms with Crippen molar-refractivity contribution in [2.24, 2.45) is 5.73 Å². The van der Waals surface area contributed by atoms with Gasteiger partial charge in [0.15, 0.2) is 0 Å². The summed E-state index contributed by atoms with van der Waals surface area (Å²) in [7, 11) is 0. The zero-order chi connectivity index (χ0) is 13.8. The molecule has 0 heterocycles. The van der Waals surface area contributed by atoms with Gasteiger partial charge < -0.3 is 5.73 Å². The zero-order valence-electron chi connectivity index (χ0n) is 10.00. The van der Waals surface area contributed by atoms with Crippen LogP contribution in [-0.2, 0) is 6.42 Å². The van der Waals surface area contributed by atoms with Gasteiger partial charge in [-0.1, -0.05) is 33.8 Å². The van der Waals surface area contributed by atoms with Gasteiger partial charge in [-0.3, -0.25) is 0 Å². The summed E-state index contributed by atoms with van der Waals surface area (Å²) in [4.78, 5) is 1.12. The van der Waals surface area contributed by atoms with Crippen LogP contribution in [0.5, 0.6) is 0 Å². The van der Waals surface area contributed by atoms with E-state index in [2.05, 4.69) is 15.9 Å². The minimum Gasteiger partial charge on any atom is -0.330 e. The highest BCUT2D eigenvalue weighted by Gasteiger charge is 2.07. The van der Waals surface area contributed by atoms with E-state index in [-0.39, 0.29) is 4.90 Å². The van der Waals surface area contributed by atoms with E-state index in [9.17, 15) is 8.78 Å². The Labute approximate surface area is 123 Å². The van der Waals surface area contributed by atoms with Crippen LogP contribution in [0.15, 0.2) is 50.7 Å². The molecule has 1 nitrogen and oxygen atoms in total. The van der Waals surface area contributed by atoms with Gasteiger partial charge in [0.1, 0.15) is 11.6 Å². The highest BCUT2D eigenvalue weighted by Crippen LogP contribution is 2.33. The standard InChI is InChI=1S/C14H12BrF2NS/c15-12-8-11(3-1-9(12)5-6-18)19-14-7-10(16)2-4-13(14)17/h1-4,7-8H,5-6,18H2. The van der Waals surface area contributed by atoms with Crippen LogP contribution in [0, 0.1) is 11.6 Å². The number of halogens is 3. The number of benzene rings is 2. The van der Waals surface area contributed by atoms with E-state index in [4.69, 9.17) is 5.73 Å². The Bertz CT molecular complexity index is 590. The molecule has 0 radical (unpaired) electrons. The molecule has 0 amide bonds. The molecule has 2 aromatic rings. The van der Waals surface area contributed by atoms with E-state index in [1.54, 1.807) is 0 Å². The molecule has 100 valence electrons. The zero-order valence-corrected chi connectivity index (χ0v) is 12.4. The summed E-state index contributed by atoms with van der Waals surface area (Å²) in [5, 5.41) is 0. The Balaban J connectivity index is 2.24. The quantitative estimate of drug-likeness (QED) is 0.891. The normalized spacial score (nSPS) is 10.7. The highest BCUT2D eigenvalue weighted by molar-refractivity contribution is 9.10. The van der Waals surface area contributed by atoms with Crippen LogP contribution in [0.25, 0.3) is 0 Å². The fraction of sp³-hybridized carbons (Fsp3) is 0.143. The fourth-order valence-electron chi connectivity index (χ4n) is 1.63. The van der Waals surface area contributed by atoms with Gasteiger partial charge in [-0.15, -0.1) is 0 Å². The van der Waals surface area contributed by atoms with Crippen LogP contribution in [0.4, 0.5) is 8.78 Å². The molecule has 0 bridgehead atoms. The van der Waals surface area contributed by atoms with Gasteiger partial charge >= 0.3 is 0 Å². The summed E-state index contributed by atoms with van der Waals surface area (Å²) in [5.74, 6) is -0.865. The van der Waals surface area contributed by atoms with Crippen LogP contribution in [0.1, 0.15) is 5.56 Å². The number of hydrogen-bond donors (Lipinski definition) is 1.